The van der Waals surface area contributed by atoms with Gasteiger partial charge in [0, 0.05) is 25.5 Å². The molecule has 4 heteroatoms. The fourth-order valence-corrected chi connectivity index (χ4v) is 3.26. The highest BCUT2D eigenvalue weighted by molar-refractivity contribution is 5.44. The van der Waals surface area contributed by atoms with E-state index in [4.69, 9.17) is 9.84 Å². The summed E-state index contributed by atoms with van der Waals surface area (Å²) in [6.45, 7) is 4.03. The highest BCUT2D eigenvalue weighted by atomic mass is 16.5. The van der Waals surface area contributed by atoms with Crippen LogP contribution in [-0.4, -0.2) is 34.6 Å². The summed E-state index contributed by atoms with van der Waals surface area (Å²) in [5.41, 5.74) is 4.06. The van der Waals surface area contributed by atoms with Crippen LogP contribution >= 0.6 is 0 Å². The van der Waals surface area contributed by atoms with E-state index in [2.05, 4.69) is 44.0 Å². The maximum absolute atomic E-state index is 10.7. The van der Waals surface area contributed by atoms with E-state index in [1.165, 1.54) is 11.1 Å². The van der Waals surface area contributed by atoms with Crippen LogP contribution in [0.2, 0.25) is 0 Å². The first-order chi connectivity index (χ1) is 13.0. The van der Waals surface area contributed by atoms with Crippen molar-refractivity contribution in [2.75, 3.05) is 7.11 Å². The van der Waals surface area contributed by atoms with Crippen LogP contribution in [0.4, 0.5) is 0 Å². The van der Waals surface area contributed by atoms with Gasteiger partial charge in [-0.25, -0.2) is 0 Å². The first kappa shape index (κ1) is 22.7. The van der Waals surface area contributed by atoms with Gasteiger partial charge in [-0.2, -0.15) is 0 Å². The number of aliphatic hydroxyl groups excluding tert-OH is 2. The standard InChI is InChI=1S/C20H24O3.C2H2.CH4O/c1-13-6-8-15(9-7-13)11-16-4-3-5-18(20(16)22)19-12-17(21)10-14(2)23-19;2*1-2/h3-9,14,17,19,21-22H,10-12H2,1-2H3;1-2H;2H,1H3/t14-,17+,19-;;/m1../s1. The van der Waals surface area contributed by atoms with Crippen molar-refractivity contribution in [3.05, 3.63) is 64.7 Å². The van der Waals surface area contributed by atoms with E-state index in [0.29, 0.717) is 25.0 Å². The second-order valence-corrected chi connectivity index (χ2v) is 6.58. The molecule has 2 aromatic rings. The summed E-state index contributed by atoms with van der Waals surface area (Å²) in [4.78, 5) is 0. The molecule has 1 saturated heterocycles. The number of terminal acetylenes is 1. The quantitative estimate of drug-likeness (QED) is 0.720. The first-order valence-electron chi connectivity index (χ1n) is 9.01. The highest BCUT2D eigenvalue weighted by Crippen LogP contribution is 2.37. The van der Waals surface area contributed by atoms with Gasteiger partial charge in [0.15, 0.2) is 0 Å². The molecule has 4 nitrogen and oxygen atoms in total. The van der Waals surface area contributed by atoms with Crippen LogP contribution in [0.5, 0.6) is 5.75 Å². The molecule has 27 heavy (non-hydrogen) atoms. The molecule has 1 fully saturated rings. The maximum Gasteiger partial charge on any atom is 0.124 e. The SMILES string of the molecule is C#C.CO.Cc1ccc(Cc2cccc([C@H]3C[C@@H](O)C[C@@H](C)O3)c2O)cc1. The normalized spacial score (nSPS) is 21.2. The minimum absolute atomic E-state index is 0.00362. The molecule has 3 atom stereocenters. The van der Waals surface area contributed by atoms with Gasteiger partial charge in [-0.15, -0.1) is 12.8 Å². The number of hydrogen-bond donors (Lipinski definition) is 3. The molecule has 0 unspecified atom stereocenters. The van der Waals surface area contributed by atoms with Gasteiger partial charge in [0.05, 0.1) is 18.3 Å². The van der Waals surface area contributed by atoms with Crippen molar-refractivity contribution in [2.45, 2.75) is 51.4 Å². The van der Waals surface area contributed by atoms with Crippen LogP contribution in [0.25, 0.3) is 0 Å². The Morgan fingerprint density at radius 2 is 1.67 bits per heavy atom. The number of aliphatic hydroxyl groups is 2. The lowest BCUT2D eigenvalue weighted by Crippen LogP contribution is -2.29. The van der Waals surface area contributed by atoms with E-state index < -0.39 is 0 Å². The van der Waals surface area contributed by atoms with Crippen molar-refractivity contribution in [3.63, 3.8) is 0 Å². The highest BCUT2D eigenvalue weighted by Gasteiger charge is 2.29. The Kier molecular flexibility index (Phi) is 9.60. The number of aromatic hydroxyl groups is 1. The summed E-state index contributed by atoms with van der Waals surface area (Å²) in [6.07, 6.45) is 9.26. The molecule has 0 aromatic heterocycles. The van der Waals surface area contributed by atoms with Crippen molar-refractivity contribution in [1.82, 2.24) is 0 Å². The zero-order valence-corrected chi connectivity index (χ0v) is 16.3. The van der Waals surface area contributed by atoms with Gasteiger partial charge >= 0.3 is 0 Å². The Hall–Kier alpha value is -2.32. The van der Waals surface area contributed by atoms with Gasteiger partial charge < -0.3 is 20.1 Å². The van der Waals surface area contributed by atoms with Gasteiger partial charge in [-0.3, -0.25) is 0 Å². The number of benzene rings is 2. The molecule has 0 amide bonds. The van der Waals surface area contributed by atoms with Gasteiger partial charge in [0.2, 0.25) is 0 Å². The molecule has 1 heterocycles. The van der Waals surface area contributed by atoms with Gasteiger partial charge in [-0.1, -0.05) is 48.0 Å². The van der Waals surface area contributed by atoms with Crippen LogP contribution in [0.3, 0.4) is 0 Å². The lowest BCUT2D eigenvalue weighted by atomic mass is 9.93. The fourth-order valence-electron chi connectivity index (χ4n) is 3.26. The lowest BCUT2D eigenvalue weighted by Gasteiger charge is -2.32. The number of ether oxygens (including phenoxy) is 1. The Bertz CT molecular complexity index is 696. The van der Waals surface area contributed by atoms with E-state index >= 15 is 0 Å². The average molecular weight is 370 g/mol. The third-order valence-corrected chi connectivity index (χ3v) is 4.50. The van der Waals surface area contributed by atoms with Crippen molar-refractivity contribution in [1.29, 1.82) is 0 Å². The summed E-state index contributed by atoms with van der Waals surface area (Å²) in [7, 11) is 1.00. The van der Waals surface area contributed by atoms with E-state index in [0.717, 1.165) is 18.2 Å². The summed E-state index contributed by atoms with van der Waals surface area (Å²) in [6, 6.07) is 14.1. The third-order valence-electron chi connectivity index (χ3n) is 4.50. The topological polar surface area (TPSA) is 69.9 Å². The largest absolute Gasteiger partial charge is 0.507 e. The summed E-state index contributed by atoms with van der Waals surface area (Å²) < 4.78 is 5.92. The monoisotopic (exact) mass is 370 g/mol. The molecule has 146 valence electrons. The third kappa shape index (κ3) is 6.41. The smallest absolute Gasteiger partial charge is 0.124 e. The second kappa shape index (κ2) is 11.4. The Morgan fingerprint density at radius 1 is 1.04 bits per heavy atom. The summed E-state index contributed by atoms with van der Waals surface area (Å²) in [5, 5.41) is 27.6. The average Bonchev–Trinajstić information content (AvgIpc) is 2.67. The van der Waals surface area contributed by atoms with Crippen molar-refractivity contribution in [3.8, 4) is 18.6 Å². The number of para-hydroxylation sites is 1. The van der Waals surface area contributed by atoms with Gasteiger partial charge in [0.1, 0.15) is 5.75 Å². The minimum atomic E-state index is -0.371. The number of phenolic OH excluding ortho intramolecular Hbond substituents is 1. The van der Waals surface area contributed by atoms with Crippen LogP contribution in [0, 0.1) is 19.8 Å². The van der Waals surface area contributed by atoms with Crippen molar-refractivity contribution >= 4 is 0 Å². The van der Waals surface area contributed by atoms with Crippen LogP contribution < -0.4 is 0 Å². The molecule has 2 aromatic carbocycles. The van der Waals surface area contributed by atoms with Gasteiger partial charge in [-0.05, 0) is 31.4 Å². The number of hydrogen-bond acceptors (Lipinski definition) is 4. The molecule has 0 bridgehead atoms. The molecule has 0 spiro atoms. The Balaban J connectivity index is 0.000000855. The van der Waals surface area contributed by atoms with Crippen LogP contribution in [0.15, 0.2) is 42.5 Å². The molecule has 1 aliphatic heterocycles. The Morgan fingerprint density at radius 3 is 2.26 bits per heavy atom. The molecule has 0 saturated carbocycles. The Labute approximate surface area is 162 Å². The molecular weight excluding hydrogens is 340 g/mol. The van der Waals surface area contributed by atoms with E-state index in [1.807, 2.05) is 25.1 Å². The number of aryl methyl sites for hydroxylation is 1. The fraction of sp³-hybridized carbons (Fsp3) is 0.391. The van der Waals surface area contributed by atoms with Crippen molar-refractivity contribution in [2.24, 2.45) is 0 Å². The van der Waals surface area contributed by atoms with E-state index in [1.54, 1.807) is 0 Å². The van der Waals surface area contributed by atoms with Crippen LogP contribution in [-0.2, 0) is 11.2 Å². The van der Waals surface area contributed by atoms with Gasteiger partial charge in [0.25, 0.3) is 0 Å². The molecule has 1 aliphatic rings. The predicted octanol–water partition coefficient (Wildman–Crippen LogP) is 3.75. The zero-order valence-electron chi connectivity index (χ0n) is 16.3. The summed E-state index contributed by atoms with van der Waals surface area (Å²) in [5.74, 6) is 0.291. The molecule has 3 N–H and O–H groups in total. The zero-order chi connectivity index (χ0) is 20.4. The second-order valence-electron chi connectivity index (χ2n) is 6.58. The molecule has 0 aliphatic carbocycles. The van der Waals surface area contributed by atoms with E-state index in [9.17, 15) is 10.2 Å². The predicted molar refractivity (Wildman–Crippen MR) is 109 cm³/mol. The summed E-state index contributed by atoms with van der Waals surface area (Å²) >= 11 is 0. The molecule has 3 rings (SSSR count). The number of phenols is 1. The lowest BCUT2D eigenvalue weighted by molar-refractivity contribution is -0.0901. The van der Waals surface area contributed by atoms with Crippen molar-refractivity contribution < 1.29 is 20.1 Å². The molecular formula is C23H30O4. The first-order valence-corrected chi connectivity index (χ1v) is 9.01. The minimum Gasteiger partial charge on any atom is -0.507 e. The number of rotatable bonds is 3. The maximum atomic E-state index is 10.7. The molecule has 0 radical (unpaired) electrons. The van der Waals surface area contributed by atoms with E-state index in [-0.39, 0.29) is 18.3 Å². The van der Waals surface area contributed by atoms with Crippen LogP contribution in [0.1, 0.15) is 48.1 Å².